The van der Waals surface area contributed by atoms with Crippen LogP contribution >= 0.6 is 34.5 Å². The third-order valence-corrected chi connectivity index (χ3v) is 4.11. The van der Waals surface area contributed by atoms with Gasteiger partial charge in [-0.05, 0) is 31.0 Å². The van der Waals surface area contributed by atoms with Crippen molar-refractivity contribution in [2.24, 2.45) is 0 Å². The molecule has 0 saturated carbocycles. The van der Waals surface area contributed by atoms with Crippen LogP contribution in [0.2, 0.25) is 8.67 Å². The number of benzene rings is 1. The molecule has 0 aliphatic heterocycles. The first-order valence-corrected chi connectivity index (χ1v) is 6.88. The smallest absolute Gasteiger partial charge is 0.258 e. The van der Waals surface area contributed by atoms with E-state index in [4.69, 9.17) is 23.2 Å². The second kappa shape index (κ2) is 5.31. The topological polar surface area (TPSA) is 29.1 Å². The molecule has 1 aromatic carbocycles. The molecule has 1 N–H and O–H groups in total. The summed E-state index contributed by atoms with van der Waals surface area (Å²) in [5, 5.41) is 2.87. The van der Waals surface area contributed by atoms with Gasteiger partial charge in [0.1, 0.15) is 4.34 Å². The van der Waals surface area contributed by atoms with Crippen molar-refractivity contribution in [2.45, 2.75) is 13.8 Å². The molecule has 0 atom stereocenters. The van der Waals surface area contributed by atoms with E-state index in [9.17, 15) is 4.79 Å². The number of nitrogens with one attached hydrogen (secondary N) is 1. The van der Waals surface area contributed by atoms with Gasteiger partial charge in [-0.25, -0.2) is 0 Å². The standard InChI is InChI=1S/C13H11Cl2NOS/c1-7-4-3-5-8(2)11(7)16-13(17)9-6-10(14)18-12(9)15/h3-6H,1-2H3,(H,16,17). The summed E-state index contributed by atoms with van der Waals surface area (Å²) in [4.78, 5) is 12.1. The molecule has 2 nitrogen and oxygen atoms in total. The van der Waals surface area contributed by atoms with Crippen LogP contribution in [0.3, 0.4) is 0 Å². The van der Waals surface area contributed by atoms with E-state index in [1.807, 2.05) is 32.0 Å². The zero-order chi connectivity index (χ0) is 13.3. The number of hydrogen-bond donors (Lipinski definition) is 1. The van der Waals surface area contributed by atoms with Crippen LogP contribution in [0, 0.1) is 13.8 Å². The molecule has 0 radical (unpaired) electrons. The molecular weight excluding hydrogens is 289 g/mol. The Balaban J connectivity index is 2.30. The molecule has 0 unspecified atom stereocenters. The predicted octanol–water partition coefficient (Wildman–Crippen LogP) is 4.92. The minimum atomic E-state index is -0.236. The normalized spacial score (nSPS) is 10.4. The highest BCUT2D eigenvalue weighted by atomic mass is 35.5. The van der Waals surface area contributed by atoms with Gasteiger partial charge in [0, 0.05) is 5.69 Å². The molecule has 0 saturated heterocycles. The molecule has 94 valence electrons. The van der Waals surface area contributed by atoms with Crippen LogP contribution in [0.1, 0.15) is 21.5 Å². The number of para-hydroxylation sites is 1. The van der Waals surface area contributed by atoms with Gasteiger partial charge in [0.15, 0.2) is 0 Å². The summed E-state index contributed by atoms with van der Waals surface area (Å²) in [5.74, 6) is -0.236. The Morgan fingerprint density at radius 2 is 1.83 bits per heavy atom. The molecular formula is C13H11Cl2NOS. The van der Waals surface area contributed by atoms with Gasteiger partial charge in [-0.3, -0.25) is 4.79 Å². The highest BCUT2D eigenvalue weighted by molar-refractivity contribution is 7.20. The van der Waals surface area contributed by atoms with Crippen molar-refractivity contribution in [3.63, 3.8) is 0 Å². The number of aryl methyl sites for hydroxylation is 2. The monoisotopic (exact) mass is 299 g/mol. The van der Waals surface area contributed by atoms with Gasteiger partial charge in [0.25, 0.3) is 5.91 Å². The number of carbonyl (C=O) groups excluding carboxylic acids is 1. The highest BCUT2D eigenvalue weighted by Crippen LogP contribution is 2.32. The van der Waals surface area contributed by atoms with Gasteiger partial charge < -0.3 is 5.32 Å². The maximum atomic E-state index is 12.1. The number of carbonyl (C=O) groups is 1. The Morgan fingerprint density at radius 1 is 1.22 bits per heavy atom. The zero-order valence-electron chi connectivity index (χ0n) is 9.88. The third kappa shape index (κ3) is 2.69. The average molecular weight is 300 g/mol. The van der Waals surface area contributed by atoms with Crippen LogP contribution in [0.15, 0.2) is 24.3 Å². The van der Waals surface area contributed by atoms with E-state index in [0.717, 1.165) is 16.8 Å². The Kier molecular flexibility index (Phi) is 3.95. The van der Waals surface area contributed by atoms with Crippen LogP contribution in [-0.2, 0) is 0 Å². The third-order valence-electron chi connectivity index (χ3n) is 2.62. The van der Waals surface area contributed by atoms with E-state index in [-0.39, 0.29) is 5.91 Å². The maximum absolute atomic E-state index is 12.1. The fraction of sp³-hybridized carbons (Fsp3) is 0.154. The van der Waals surface area contributed by atoms with Crippen LogP contribution in [0.25, 0.3) is 0 Å². The van der Waals surface area contributed by atoms with E-state index < -0.39 is 0 Å². The van der Waals surface area contributed by atoms with E-state index in [0.29, 0.717) is 14.2 Å². The van der Waals surface area contributed by atoms with E-state index in [1.54, 1.807) is 6.07 Å². The van der Waals surface area contributed by atoms with Gasteiger partial charge in [0.2, 0.25) is 0 Å². The summed E-state index contributed by atoms with van der Waals surface area (Å²) in [7, 11) is 0. The first-order valence-electron chi connectivity index (χ1n) is 5.31. The molecule has 5 heteroatoms. The lowest BCUT2D eigenvalue weighted by Crippen LogP contribution is -2.13. The lowest BCUT2D eigenvalue weighted by atomic mass is 10.1. The number of rotatable bonds is 2. The summed E-state index contributed by atoms with van der Waals surface area (Å²) < 4.78 is 0.912. The van der Waals surface area contributed by atoms with Crippen molar-refractivity contribution in [3.05, 3.63) is 49.6 Å². The number of hydrogen-bond acceptors (Lipinski definition) is 2. The lowest BCUT2D eigenvalue weighted by Gasteiger charge is -2.10. The summed E-state index contributed by atoms with van der Waals surface area (Å²) in [6.45, 7) is 3.90. The average Bonchev–Trinajstić information content (AvgIpc) is 2.63. The molecule has 1 amide bonds. The summed E-state index contributed by atoms with van der Waals surface area (Å²) >= 11 is 13.0. The molecule has 1 heterocycles. The fourth-order valence-electron chi connectivity index (χ4n) is 1.69. The molecule has 1 aromatic heterocycles. The van der Waals surface area contributed by atoms with Crippen LogP contribution in [0.5, 0.6) is 0 Å². The molecule has 0 bridgehead atoms. The Morgan fingerprint density at radius 3 is 2.33 bits per heavy atom. The second-order valence-electron chi connectivity index (χ2n) is 3.96. The number of halogens is 2. The van der Waals surface area contributed by atoms with Crippen LogP contribution < -0.4 is 5.32 Å². The van der Waals surface area contributed by atoms with Gasteiger partial charge in [0.05, 0.1) is 9.90 Å². The van der Waals surface area contributed by atoms with Crippen molar-refractivity contribution >= 4 is 46.1 Å². The highest BCUT2D eigenvalue weighted by Gasteiger charge is 2.15. The first kappa shape index (κ1) is 13.4. The molecule has 2 aromatic rings. The van der Waals surface area contributed by atoms with Crippen molar-refractivity contribution in [2.75, 3.05) is 5.32 Å². The lowest BCUT2D eigenvalue weighted by molar-refractivity contribution is 0.102. The van der Waals surface area contributed by atoms with E-state index >= 15 is 0 Å². The molecule has 0 fully saturated rings. The minimum absolute atomic E-state index is 0.236. The second-order valence-corrected chi connectivity index (χ2v) is 6.24. The Hall–Kier alpha value is -1.03. The molecule has 0 aliphatic rings. The van der Waals surface area contributed by atoms with E-state index in [1.165, 1.54) is 11.3 Å². The van der Waals surface area contributed by atoms with Gasteiger partial charge >= 0.3 is 0 Å². The van der Waals surface area contributed by atoms with Gasteiger partial charge in [-0.1, -0.05) is 41.4 Å². The number of anilines is 1. The van der Waals surface area contributed by atoms with Crippen molar-refractivity contribution in [1.82, 2.24) is 0 Å². The maximum Gasteiger partial charge on any atom is 0.258 e. The largest absolute Gasteiger partial charge is 0.321 e. The van der Waals surface area contributed by atoms with Gasteiger partial charge in [-0.15, -0.1) is 11.3 Å². The molecule has 18 heavy (non-hydrogen) atoms. The number of amides is 1. The summed E-state index contributed by atoms with van der Waals surface area (Å²) in [5.41, 5.74) is 3.26. The Labute approximate surface area is 120 Å². The van der Waals surface area contributed by atoms with Crippen molar-refractivity contribution in [3.8, 4) is 0 Å². The van der Waals surface area contributed by atoms with E-state index in [2.05, 4.69) is 5.32 Å². The SMILES string of the molecule is Cc1cccc(C)c1NC(=O)c1cc(Cl)sc1Cl. The first-order chi connectivity index (χ1) is 8.49. The van der Waals surface area contributed by atoms with Crippen molar-refractivity contribution < 1.29 is 4.79 Å². The molecule has 2 rings (SSSR count). The summed E-state index contributed by atoms with van der Waals surface area (Å²) in [6, 6.07) is 7.43. The zero-order valence-corrected chi connectivity index (χ0v) is 12.2. The predicted molar refractivity (Wildman–Crippen MR) is 78.2 cm³/mol. The van der Waals surface area contributed by atoms with Crippen LogP contribution in [0.4, 0.5) is 5.69 Å². The van der Waals surface area contributed by atoms with Gasteiger partial charge in [-0.2, -0.15) is 0 Å². The molecule has 0 aliphatic carbocycles. The van der Waals surface area contributed by atoms with Crippen LogP contribution in [-0.4, -0.2) is 5.91 Å². The number of thiophene rings is 1. The Bertz CT molecular complexity index is 587. The fourth-order valence-corrected chi connectivity index (χ4v) is 3.15. The summed E-state index contributed by atoms with van der Waals surface area (Å²) in [6.07, 6.45) is 0. The van der Waals surface area contributed by atoms with Crippen molar-refractivity contribution in [1.29, 1.82) is 0 Å². The molecule has 0 spiro atoms. The minimum Gasteiger partial charge on any atom is -0.321 e. The quantitative estimate of drug-likeness (QED) is 0.837.